The Balaban J connectivity index is 2.88. The number of fused-ring (bicyclic) bond motifs is 1. The third-order valence-electron chi connectivity index (χ3n) is 1.98. The second-order valence-corrected chi connectivity index (χ2v) is 5.51. The second kappa shape index (κ2) is 3.42. The number of benzene rings is 1. The molecule has 0 aliphatic rings. The summed E-state index contributed by atoms with van der Waals surface area (Å²) in [6.45, 7) is 0. The van der Waals surface area contributed by atoms with Crippen molar-refractivity contribution >= 4 is 36.3 Å². The topological polar surface area (TPSA) is 106 Å². The van der Waals surface area contributed by atoms with Crippen LogP contribution in [0.5, 0.6) is 0 Å². The molecule has 0 atom stereocenters. The van der Waals surface area contributed by atoms with Crippen LogP contribution in [0.3, 0.4) is 0 Å². The van der Waals surface area contributed by atoms with Crippen molar-refractivity contribution in [2.75, 3.05) is 0 Å². The van der Waals surface area contributed by atoms with E-state index >= 15 is 0 Å². The van der Waals surface area contributed by atoms with Gasteiger partial charge in [-0.2, -0.15) is 5.10 Å². The highest BCUT2D eigenvalue weighted by Crippen LogP contribution is 2.30. The van der Waals surface area contributed by atoms with Crippen molar-refractivity contribution in [3.8, 4) is 0 Å². The standard InChI is InChI=1S/C7H4ClN3O4S/c8-16(14,15)7-2-5-4(3-9-10-5)1-6(7)11(12)13/h1-3H,(H,9,10). The van der Waals surface area contributed by atoms with Crippen molar-refractivity contribution < 1.29 is 13.3 Å². The first kappa shape index (κ1) is 10.8. The number of aromatic nitrogens is 2. The van der Waals surface area contributed by atoms with Gasteiger partial charge in [0, 0.05) is 22.1 Å². The summed E-state index contributed by atoms with van der Waals surface area (Å²) in [6, 6.07) is 2.19. The maximum absolute atomic E-state index is 11.2. The number of aromatic amines is 1. The molecule has 7 nitrogen and oxygen atoms in total. The average molecular weight is 262 g/mol. The normalized spacial score (nSPS) is 11.8. The van der Waals surface area contributed by atoms with E-state index in [1.54, 1.807) is 0 Å². The minimum Gasteiger partial charge on any atom is -0.278 e. The van der Waals surface area contributed by atoms with Crippen molar-refractivity contribution in [2.45, 2.75) is 4.90 Å². The number of nitro groups is 1. The molecule has 0 amide bonds. The maximum atomic E-state index is 11.2. The van der Waals surface area contributed by atoms with Gasteiger partial charge >= 0.3 is 0 Å². The zero-order valence-corrected chi connectivity index (χ0v) is 9.12. The first-order valence-corrected chi connectivity index (χ1v) is 6.27. The summed E-state index contributed by atoms with van der Waals surface area (Å²) < 4.78 is 22.3. The molecule has 0 radical (unpaired) electrons. The highest BCUT2D eigenvalue weighted by molar-refractivity contribution is 8.13. The largest absolute Gasteiger partial charge is 0.290 e. The Kier molecular flexibility index (Phi) is 2.32. The van der Waals surface area contributed by atoms with Gasteiger partial charge in [0.05, 0.1) is 16.6 Å². The van der Waals surface area contributed by atoms with E-state index in [1.165, 1.54) is 6.20 Å². The Morgan fingerprint density at radius 3 is 2.69 bits per heavy atom. The van der Waals surface area contributed by atoms with Crippen molar-refractivity contribution in [2.24, 2.45) is 0 Å². The quantitative estimate of drug-likeness (QED) is 0.499. The van der Waals surface area contributed by atoms with Gasteiger partial charge in [-0.15, -0.1) is 0 Å². The predicted molar refractivity (Wildman–Crippen MR) is 55.8 cm³/mol. The van der Waals surface area contributed by atoms with Crippen LogP contribution in [0.15, 0.2) is 23.2 Å². The van der Waals surface area contributed by atoms with E-state index < -0.39 is 24.6 Å². The van der Waals surface area contributed by atoms with E-state index in [4.69, 9.17) is 10.7 Å². The first-order valence-electron chi connectivity index (χ1n) is 3.96. The first-order chi connectivity index (χ1) is 7.39. The summed E-state index contributed by atoms with van der Waals surface area (Å²) in [7, 11) is 0.944. The molecule has 2 aromatic rings. The van der Waals surface area contributed by atoms with Crippen LogP contribution < -0.4 is 0 Å². The van der Waals surface area contributed by atoms with E-state index in [0.717, 1.165) is 12.1 Å². The van der Waals surface area contributed by atoms with Gasteiger partial charge in [0.15, 0.2) is 4.90 Å². The lowest BCUT2D eigenvalue weighted by atomic mass is 10.2. The summed E-state index contributed by atoms with van der Waals surface area (Å²) >= 11 is 0. The highest BCUT2D eigenvalue weighted by Gasteiger charge is 2.25. The molecule has 0 saturated heterocycles. The van der Waals surface area contributed by atoms with Gasteiger partial charge < -0.3 is 0 Å². The van der Waals surface area contributed by atoms with Gasteiger partial charge in [-0.1, -0.05) is 0 Å². The summed E-state index contributed by atoms with van der Waals surface area (Å²) in [4.78, 5) is 9.34. The van der Waals surface area contributed by atoms with Gasteiger partial charge in [-0.05, 0) is 6.07 Å². The number of halogens is 1. The average Bonchev–Trinajstić information content (AvgIpc) is 2.60. The minimum absolute atomic E-state index is 0.366. The molecule has 9 heteroatoms. The lowest BCUT2D eigenvalue weighted by molar-refractivity contribution is -0.387. The zero-order chi connectivity index (χ0) is 11.9. The van der Waals surface area contributed by atoms with Crippen LogP contribution in [0.1, 0.15) is 0 Å². The second-order valence-electron chi connectivity index (χ2n) is 2.97. The van der Waals surface area contributed by atoms with Crippen molar-refractivity contribution in [3.63, 3.8) is 0 Å². The Morgan fingerprint density at radius 2 is 2.12 bits per heavy atom. The van der Waals surface area contributed by atoms with Gasteiger partial charge in [-0.25, -0.2) is 8.42 Å². The lowest BCUT2D eigenvalue weighted by Gasteiger charge is -1.98. The summed E-state index contributed by atoms with van der Waals surface area (Å²) in [5.74, 6) is 0. The molecule has 0 aliphatic carbocycles. The van der Waals surface area contributed by atoms with Crippen molar-refractivity contribution in [3.05, 3.63) is 28.4 Å². The lowest BCUT2D eigenvalue weighted by Crippen LogP contribution is -1.98. The summed E-state index contributed by atoms with van der Waals surface area (Å²) in [6.07, 6.45) is 1.35. The van der Waals surface area contributed by atoms with Crippen LogP contribution in [-0.2, 0) is 9.05 Å². The number of nitrogens with zero attached hydrogens (tertiary/aromatic N) is 2. The molecule has 0 bridgehead atoms. The van der Waals surface area contributed by atoms with Crippen LogP contribution in [0, 0.1) is 10.1 Å². The summed E-state index contributed by atoms with van der Waals surface area (Å²) in [5.41, 5.74) is -0.200. The molecule has 1 aromatic heterocycles. The van der Waals surface area contributed by atoms with E-state index in [0.29, 0.717) is 10.9 Å². The van der Waals surface area contributed by atoms with Crippen molar-refractivity contribution in [1.82, 2.24) is 10.2 Å². The molecule has 0 saturated carbocycles. The molecule has 0 fully saturated rings. The highest BCUT2D eigenvalue weighted by atomic mass is 35.7. The minimum atomic E-state index is -4.17. The molecule has 0 aliphatic heterocycles. The fraction of sp³-hybridized carbons (Fsp3) is 0. The Hall–Kier alpha value is -1.67. The molecule has 1 heterocycles. The third kappa shape index (κ3) is 1.72. The predicted octanol–water partition coefficient (Wildman–Crippen LogP) is 1.40. The molecule has 16 heavy (non-hydrogen) atoms. The molecule has 0 unspecified atom stereocenters. The monoisotopic (exact) mass is 261 g/mol. The number of hydrogen-bond acceptors (Lipinski definition) is 5. The van der Waals surface area contributed by atoms with Gasteiger partial charge in [0.25, 0.3) is 14.7 Å². The number of hydrogen-bond donors (Lipinski definition) is 1. The van der Waals surface area contributed by atoms with Gasteiger partial charge in [0.1, 0.15) is 0 Å². The van der Waals surface area contributed by atoms with Crippen molar-refractivity contribution in [1.29, 1.82) is 0 Å². The molecule has 0 spiro atoms. The Morgan fingerprint density at radius 1 is 1.44 bits per heavy atom. The third-order valence-corrected chi connectivity index (χ3v) is 3.33. The van der Waals surface area contributed by atoms with Gasteiger partial charge in [-0.3, -0.25) is 15.2 Å². The number of rotatable bonds is 2. The smallest absolute Gasteiger partial charge is 0.278 e. The van der Waals surface area contributed by atoms with E-state index in [1.807, 2.05) is 0 Å². The maximum Gasteiger partial charge on any atom is 0.290 e. The Bertz CT molecular complexity index is 678. The van der Waals surface area contributed by atoms with Crippen LogP contribution in [0.25, 0.3) is 10.9 Å². The number of nitrogens with one attached hydrogen (secondary N) is 1. The van der Waals surface area contributed by atoms with E-state index in [-0.39, 0.29) is 0 Å². The summed E-state index contributed by atoms with van der Waals surface area (Å²) in [5, 5.41) is 17.3. The fourth-order valence-electron chi connectivity index (χ4n) is 1.30. The molecular formula is C7H4ClN3O4S. The molecule has 1 N–H and O–H groups in total. The van der Waals surface area contributed by atoms with Crippen LogP contribution in [0.4, 0.5) is 5.69 Å². The van der Waals surface area contributed by atoms with Crippen LogP contribution >= 0.6 is 10.7 Å². The SMILES string of the molecule is O=[N+]([O-])c1cc2cn[nH]c2cc1S(=O)(=O)Cl. The van der Waals surface area contributed by atoms with E-state index in [2.05, 4.69) is 10.2 Å². The van der Waals surface area contributed by atoms with Crippen LogP contribution in [0.2, 0.25) is 0 Å². The number of nitro benzene ring substituents is 1. The number of H-pyrrole nitrogens is 1. The van der Waals surface area contributed by atoms with E-state index in [9.17, 15) is 18.5 Å². The zero-order valence-electron chi connectivity index (χ0n) is 7.55. The van der Waals surface area contributed by atoms with Gasteiger partial charge in [0.2, 0.25) is 0 Å². The Labute approximate surface area is 93.6 Å². The molecule has 2 rings (SSSR count). The molecular weight excluding hydrogens is 258 g/mol. The molecule has 1 aromatic carbocycles. The van der Waals surface area contributed by atoms with Crippen LogP contribution in [-0.4, -0.2) is 23.5 Å². The fourth-order valence-corrected chi connectivity index (χ4v) is 2.31. The molecule has 84 valence electrons.